The summed E-state index contributed by atoms with van der Waals surface area (Å²) in [4.78, 5) is 16.2. The zero-order chi connectivity index (χ0) is 19.2. The molecule has 1 aromatic heterocycles. The highest BCUT2D eigenvalue weighted by Gasteiger charge is 2.10. The van der Waals surface area contributed by atoms with E-state index in [9.17, 15) is 4.79 Å². The molecule has 0 atom stereocenters. The number of aromatic nitrogens is 2. The lowest BCUT2D eigenvalue weighted by Crippen LogP contribution is -2.24. The van der Waals surface area contributed by atoms with E-state index >= 15 is 0 Å². The number of carbonyl (C=O) groups is 1. The maximum absolute atomic E-state index is 12.0. The number of rotatable bonds is 7. The summed E-state index contributed by atoms with van der Waals surface area (Å²) in [6, 6.07) is 13.1. The van der Waals surface area contributed by atoms with E-state index in [-0.39, 0.29) is 18.9 Å². The van der Waals surface area contributed by atoms with E-state index in [2.05, 4.69) is 15.5 Å². The van der Waals surface area contributed by atoms with Gasteiger partial charge in [-0.2, -0.15) is 4.98 Å². The van der Waals surface area contributed by atoms with Crippen LogP contribution in [0.1, 0.15) is 23.4 Å². The minimum absolute atomic E-state index is 0.147. The monoisotopic (exact) mass is 385 g/mol. The number of carbonyl (C=O) groups excluding carboxylic acids is 1. The smallest absolute Gasteiger partial charge is 0.246 e. The summed E-state index contributed by atoms with van der Waals surface area (Å²) in [7, 11) is 0. The highest BCUT2D eigenvalue weighted by molar-refractivity contribution is 6.30. The first-order chi connectivity index (χ1) is 13.0. The quantitative estimate of drug-likeness (QED) is 0.662. The van der Waals surface area contributed by atoms with E-state index in [0.717, 1.165) is 22.4 Å². The Morgan fingerprint density at radius 1 is 1.19 bits per heavy atom. The van der Waals surface area contributed by atoms with Gasteiger partial charge in [0.05, 0.1) is 19.6 Å². The zero-order valence-corrected chi connectivity index (χ0v) is 15.9. The van der Waals surface area contributed by atoms with Crippen molar-refractivity contribution in [1.29, 1.82) is 0 Å². The number of nitrogens with zero attached hydrogens (tertiary/aromatic N) is 2. The molecule has 2 aromatic carbocycles. The molecule has 3 aromatic rings. The van der Waals surface area contributed by atoms with Crippen molar-refractivity contribution in [3.05, 3.63) is 64.5 Å². The van der Waals surface area contributed by atoms with Crippen molar-refractivity contribution in [1.82, 2.24) is 15.5 Å². The third kappa shape index (κ3) is 5.31. The molecule has 7 heteroatoms. The minimum atomic E-state index is -0.147. The predicted octanol–water partition coefficient (Wildman–Crippen LogP) is 4.09. The molecule has 0 radical (unpaired) electrons. The predicted molar refractivity (Wildman–Crippen MR) is 103 cm³/mol. The number of hydrogen-bond donors (Lipinski definition) is 1. The van der Waals surface area contributed by atoms with Gasteiger partial charge in [0.25, 0.3) is 0 Å². The van der Waals surface area contributed by atoms with Gasteiger partial charge in [0.2, 0.25) is 17.6 Å². The average Bonchev–Trinajstić information content (AvgIpc) is 3.12. The summed E-state index contributed by atoms with van der Waals surface area (Å²) >= 11 is 5.86. The summed E-state index contributed by atoms with van der Waals surface area (Å²) in [5.74, 6) is 1.44. The molecule has 0 spiro atoms. The Labute approximate surface area is 162 Å². The number of amides is 1. The van der Waals surface area contributed by atoms with E-state index < -0.39 is 0 Å². The molecule has 0 aliphatic carbocycles. The van der Waals surface area contributed by atoms with Crippen LogP contribution < -0.4 is 10.1 Å². The van der Waals surface area contributed by atoms with Crippen molar-refractivity contribution < 1.29 is 14.1 Å². The second-order valence-electron chi connectivity index (χ2n) is 6.16. The van der Waals surface area contributed by atoms with Gasteiger partial charge in [-0.3, -0.25) is 4.79 Å². The van der Waals surface area contributed by atoms with Crippen LogP contribution >= 0.6 is 11.6 Å². The lowest BCUT2D eigenvalue weighted by atomic mass is 10.1. The van der Waals surface area contributed by atoms with Crippen LogP contribution in [0.3, 0.4) is 0 Å². The lowest BCUT2D eigenvalue weighted by molar-refractivity contribution is -0.121. The summed E-state index contributed by atoms with van der Waals surface area (Å²) in [6.07, 6.45) is 0.242. The summed E-state index contributed by atoms with van der Waals surface area (Å²) in [5, 5.41) is 7.29. The van der Waals surface area contributed by atoms with Gasteiger partial charge in [-0.05, 0) is 55.3 Å². The van der Waals surface area contributed by atoms with Gasteiger partial charge in [-0.15, -0.1) is 0 Å². The zero-order valence-electron chi connectivity index (χ0n) is 15.2. The molecule has 1 N–H and O–H groups in total. The van der Waals surface area contributed by atoms with Crippen LogP contribution in [0.5, 0.6) is 5.75 Å². The molecule has 0 fully saturated rings. The van der Waals surface area contributed by atoms with Gasteiger partial charge in [0.15, 0.2) is 0 Å². The molecule has 0 unspecified atom stereocenters. The van der Waals surface area contributed by atoms with E-state index in [0.29, 0.717) is 23.3 Å². The topological polar surface area (TPSA) is 77.2 Å². The van der Waals surface area contributed by atoms with Crippen molar-refractivity contribution in [3.8, 4) is 17.1 Å². The summed E-state index contributed by atoms with van der Waals surface area (Å²) in [5.41, 5.74) is 2.96. The van der Waals surface area contributed by atoms with Crippen LogP contribution in [0.2, 0.25) is 5.02 Å². The molecular weight excluding hydrogens is 366 g/mol. The van der Waals surface area contributed by atoms with Crippen molar-refractivity contribution in [3.63, 3.8) is 0 Å². The molecule has 6 nitrogen and oxygen atoms in total. The molecule has 140 valence electrons. The Morgan fingerprint density at radius 2 is 1.96 bits per heavy atom. The molecule has 0 saturated heterocycles. The lowest BCUT2D eigenvalue weighted by Gasteiger charge is -2.09. The summed E-state index contributed by atoms with van der Waals surface area (Å²) in [6.45, 7) is 4.45. The van der Waals surface area contributed by atoms with Crippen LogP contribution in [0, 0.1) is 13.8 Å². The average molecular weight is 386 g/mol. The van der Waals surface area contributed by atoms with Crippen LogP contribution in [-0.2, 0) is 11.3 Å². The van der Waals surface area contributed by atoms with E-state index in [1.807, 2.05) is 32.0 Å². The fraction of sp³-hybridized carbons (Fsp3) is 0.250. The Morgan fingerprint density at radius 3 is 2.74 bits per heavy atom. The first kappa shape index (κ1) is 18.9. The van der Waals surface area contributed by atoms with Crippen molar-refractivity contribution >= 4 is 17.5 Å². The largest absolute Gasteiger partial charge is 0.493 e. The molecule has 1 amide bonds. The van der Waals surface area contributed by atoms with Gasteiger partial charge < -0.3 is 14.6 Å². The van der Waals surface area contributed by atoms with Gasteiger partial charge in [0, 0.05) is 10.6 Å². The third-order valence-corrected chi connectivity index (χ3v) is 4.19. The maximum atomic E-state index is 12.0. The summed E-state index contributed by atoms with van der Waals surface area (Å²) < 4.78 is 10.9. The molecular formula is C20H20ClN3O3. The van der Waals surface area contributed by atoms with Gasteiger partial charge in [-0.1, -0.05) is 28.9 Å². The molecule has 0 bridgehead atoms. The minimum Gasteiger partial charge on any atom is -0.493 e. The Hall–Kier alpha value is -2.86. The fourth-order valence-electron chi connectivity index (χ4n) is 2.42. The molecule has 1 heterocycles. The van der Waals surface area contributed by atoms with Crippen LogP contribution in [0.4, 0.5) is 0 Å². The number of aryl methyl sites for hydroxylation is 2. The molecule has 0 aliphatic rings. The standard InChI is InChI=1S/C20H20ClN3O3/c1-13-3-4-14(2)17(11-13)26-10-9-18(25)22-12-19-23-20(24-27-19)15-5-7-16(21)8-6-15/h3-8,11H,9-10,12H2,1-2H3,(H,22,25). The molecule has 27 heavy (non-hydrogen) atoms. The van der Waals surface area contributed by atoms with E-state index in [1.54, 1.807) is 24.3 Å². The normalized spacial score (nSPS) is 10.6. The highest BCUT2D eigenvalue weighted by atomic mass is 35.5. The van der Waals surface area contributed by atoms with Crippen LogP contribution in [-0.4, -0.2) is 22.7 Å². The number of halogens is 1. The Bertz CT molecular complexity index is 922. The van der Waals surface area contributed by atoms with Crippen LogP contribution in [0.25, 0.3) is 11.4 Å². The van der Waals surface area contributed by atoms with Crippen LogP contribution in [0.15, 0.2) is 47.0 Å². The first-order valence-corrected chi connectivity index (χ1v) is 8.94. The Kier molecular flexibility index (Phi) is 6.08. The SMILES string of the molecule is Cc1ccc(C)c(OCCC(=O)NCc2nc(-c3ccc(Cl)cc3)no2)c1. The Balaban J connectivity index is 1.45. The highest BCUT2D eigenvalue weighted by Crippen LogP contribution is 2.20. The van der Waals surface area contributed by atoms with E-state index in [4.69, 9.17) is 20.9 Å². The van der Waals surface area contributed by atoms with Gasteiger partial charge >= 0.3 is 0 Å². The van der Waals surface area contributed by atoms with Crippen molar-refractivity contribution in [2.75, 3.05) is 6.61 Å². The fourth-order valence-corrected chi connectivity index (χ4v) is 2.55. The number of benzene rings is 2. The first-order valence-electron chi connectivity index (χ1n) is 8.56. The molecule has 0 aliphatic heterocycles. The van der Waals surface area contributed by atoms with Crippen molar-refractivity contribution in [2.24, 2.45) is 0 Å². The second kappa shape index (κ2) is 8.68. The van der Waals surface area contributed by atoms with E-state index in [1.165, 1.54) is 0 Å². The number of ether oxygens (including phenoxy) is 1. The molecule has 3 rings (SSSR count). The maximum Gasteiger partial charge on any atom is 0.246 e. The van der Waals surface area contributed by atoms with Gasteiger partial charge in [-0.25, -0.2) is 0 Å². The number of hydrogen-bond acceptors (Lipinski definition) is 5. The van der Waals surface area contributed by atoms with Crippen molar-refractivity contribution in [2.45, 2.75) is 26.8 Å². The number of nitrogens with one attached hydrogen (secondary N) is 1. The molecule has 0 saturated carbocycles. The second-order valence-corrected chi connectivity index (χ2v) is 6.60. The van der Waals surface area contributed by atoms with Gasteiger partial charge in [0.1, 0.15) is 5.75 Å². The third-order valence-electron chi connectivity index (χ3n) is 3.94.